The summed E-state index contributed by atoms with van der Waals surface area (Å²) in [4.78, 5) is 27.5. The quantitative estimate of drug-likeness (QED) is 0.231. The normalized spacial score (nSPS) is 17.4. The first-order valence-corrected chi connectivity index (χ1v) is 10.8. The predicted molar refractivity (Wildman–Crippen MR) is 125 cm³/mol. The first-order chi connectivity index (χ1) is 16.1. The molecule has 1 N–H and O–H groups in total. The molecule has 1 aliphatic heterocycles. The summed E-state index contributed by atoms with van der Waals surface area (Å²) in [6, 6.07) is 24.6. The van der Waals surface area contributed by atoms with Crippen LogP contribution >= 0.6 is 0 Å². The SMILES string of the molecule is COCCCN1C(=O)C(=O)/C(=C(/O)c2ccccc2)[C@H]1c1cccc(Oc2ccccc2)c1. The molecule has 4 rings (SSSR count). The van der Waals surface area contributed by atoms with Crippen LogP contribution in [0.5, 0.6) is 11.5 Å². The van der Waals surface area contributed by atoms with E-state index in [-0.39, 0.29) is 11.3 Å². The zero-order valence-electron chi connectivity index (χ0n) is 18.3. The van der Waals surface area contributed by atoms with Crippen LogP contribution in [0, 0.1) is 0 Å². The molecule has 0 radical (unpaired) electrons. The summed E-state index contributed by atoms with van der Waals surface area (Å²) in [6.45, 7) is 0.768. The number of likely N-dealkylation sites (tertiary alicyclic amines) is 1. The van der Waals surface area contributed by atoms with Crippen LogP contribution < -0.4 is 4.74 Å². The van der Waals surface area contributed by atoms with Crippen molar-refractivity contribution in [2.45, 2.75) is 12.5 Å². The maximum Gasteiger partial charge on any atom is 0.295 e. The Morgan fingerprint density at radius 1 is 0.909 bits per heavy atom. The largest absolute Gasteiger partial charge is 0.507 e. The lowest BCUT2D eigenvalue weighted by Gasteiger charge is -2.25. The van der Waals surface area contributed by atoms with Crippen molar-refractivity contribution in [3.8, 4) is 11.5 Å². The van der Waals surface area contributed by atoms with Gasteiger partial charge in [0.05, 0.1) is 11.6 Å². The number of ether oxygens (including phenoxy) is 2. The van der Waals surface area contributed by atoms with Crippen LogP contribution in [-0.2, 0) is 14.3 Å². The Labute approximate surface area is 192 Å². The minimum atomic E-state index is -0.735. The number of hydrogen-bond donors (Lipinski definition) is 1. The van der Waals surface area contributed by atoms with Crippen LogP contribution in [0.2, 0.25) is 0 Å². The molecule has 3 aromatic carbocycles. The van der Waals surface area contributed by atoms with Gasteiger partial charge in [0.2, 0.25) is 0 Å². The third-order valence-electron chi connectivity index (χ3n) is 5.49. The molecule has 0 aromatic heterocycles. The maximum atomic E-state index is 13.1. The van der Waals surface area contributed by atoms with Gasteiger partial charge in [-0.25, -0.2) is 0 Å². The van der Waals surface area contributed by atoms with E-state index in [0.29, 0.717) is 42.2 Å². The summed E-state index contributed by atoms with van der Waals surface area (Å²) in [5.74, 6) is -0.285. The topological polar surface area (TPSA) is 76.1 Å². The van der Waals surface area contributed by atoms with Gasteiger partial charge in [-0.05, 0) is 36.2 Å². The Kier molecular flexibility index (Phi) is 6.86. The molecule has 0 bridgehead atoms. The highest BCUT2D eigenvalue weighted by Gasteiger charge is 2.45. The Balaban J connectivity index is 1.77. The summed E-state index contributed by atoms with van der Waals surface area (Å²) >= 11 is 0. The Morgan fingerprint density at radius 2 is 1.58 bits per heavy atom. The van der Waals surface area contributed by atoms with Gasteiger partial charge in [0, 0.05) is 25.8 Å². The fraction of sp³-hybridized carbons (Fsp3) is 0.185. The number of hydrogen-bond acceptors (Lipinski definition) is 5. The molecule has 6 nitrogen and oxygen atoms in total. The monoisotopic (exact) mass is 443 g/mol. The maximum absolute atomic E-state index is 13.1. The number of amides is 1. The van der Waals surface area contributed by atoms with Gasteiger partial charge >= 0.3 is 0 Å². The second-order valence-corrected chi connectivity index (χ2v) is 7.69. The van der Waals surface area contributed by atoms with Crippen LogP contribution in [0.3, 0.4) is 0 Å². The molecule has 168 valence electrons. The summed E-state index contributed by atoms with van der Waals surface area (Å²) < 4.78 is 11.1. The van der Waals surface area contributed by atoms with Gasteiger partial charge < -0.3 is 19.5 Å². The van der Waals surface area contributed by atoms with E-state index < -0.39 is 17.7 Å². The zero-order chi connectivity index (χ0) is 23.2. The highest BCUT2D eigenvalue weighted by Crippen LogP contribution is 2.40. The molecule has 1 heterocycles. The van der Waals surface area contributed by atoms with Crippen molar-refractivity contribution >= 4 is 17.4 Å². The molecule has 1 saturated heterocycles. The molecule has 6 heteroatoms. The Hall–Kier alpha value is -3.90. The minimum absolute atomic E-state index is 0.0699. The number of benzene rings is 3. The summed E-state index contributed by atoms with van der Waals surface area (Å²) in [6.07, 6.45) is 0.561. The van der Waals surface area contributed by atoms with E-state index in [1.165, 1.54) is 4.90 Å². The number of para-hydroxylation sites is 1. The van der Waals surface area contributed by atoms with Crippen molar-refractivity contribution in [1.82, 2.24) is 4.90 Å². The van der Waals surface area contributed by atoms with Gasteiger partial charge in [0.25, 0.3) is 11.7 Å². The summed E-state index contributed by atoms with van der Waals surface area (Å²) in [5.41, 5.74) is 1.23. The highest BCUT2D eigenvalue weighted by atomic mass is 16.5. The average Bonchev–Trinajstić information content (AvgIpc) is 3.10. The van der Waals surface area contributed by atoms with Crippen molar-refractivity contribution < 1.29 is 24.2 Å². The summed E-state index contributed by atoms with van der Waals surface area (Å²) in [7, 11) is 1.59. The van der Waals surface area contributed by atoms with Crippen molar-refractivity contribution in [2.24, 2.45) is 0 Å². The van der Waals surface area contributed by atoms with E-state index in [1.807, 2.05) is 54.6 Å². The second-order valence-electron chi connectivity index (χ2n) is 7.69. The smallest absolute Gasteiger partial charge is 0.295 e. The van der Waals surface area contributed by atoms with Crippen LogP contribution in [0.15, 0.2) is 90.5 Å². The van der Waals surface area contributed by atoms with Gasteiger partial charge in [-0.1, -0.05) is 60.7 Å². The van der Waals surface area contributed by atoms with Crippen molar-refractivity contribution in [1.29, 1.82) is 0 Å². The van der Waals surface area contributed by atoms with E-state index in [4.69, 9.17) is 9.47 Å². The van der Waals surface area contributed by atoms with Crippen LogP contribution in [0.25, 0.3) is 5.76 Å². The van der Waals surface area contributed by atoms with Crippen LogP contribution in [0.1, 0.15) is 23.6 Å². The molecule has 1 atom stereocenters. The van der Waals surface area contributed by atoms with E-state index in [9.17, 15) is 14.7 Å². The molecule has 0 spiro atoms. The first-order valence-electron chi connectivity index (χ1n) is 10.8. The van der Waals surface area contributed by atoms with Crippen molar-refractivity contribution in [3.05, 3.63) is 102 Å². The van der Waals surface area contributed by atoms with Crippen LogP contribution in [-0.4, -0.2) is 42.0 Å². The number of ketones is 1. The van der Waals surface area contributed by atoms with Crippen molar-refractivity contribution in [3.63, 3.8) is 0 Å². The van der Waals surface area contributed by atoms with E-state index in [0.717, 1.165) is 0 Å². The van der Waals surface area contributed by atoms with Gasteiger partial charge in [0.1, 0.15) is 17.3 Å². The summed E-state index contributed by atoms with van der Waals surface area (Å²) in [5, 5.41) is 11.1. The molecule has 1 fully saturated rings. The number of aliphatic hydroxyl groups excluding tert-OH is 1. The average molecular weight is 443 g/mol. The molecule has 1 aliphatic rings. The highest BCUT2D eigenvalue weighted by molar-refractivity contribution is 6.46. The molecule has 1 amide bonds. The lowest BCUT2D eigenvalue weighted by molar-refractivity contribution is -0.140. The van der Waals surface area contributed by atoms with Gasteiger partial charge in [-0.15, -0.1) is 0 Å². The zero-order valence-corrected chi connectivity index (χ0v) is 18.3. The van der Waals surface area contributed by atoms with E-state index >= 15 is 0 Å². The standard InChI is InChI=1S/C27H25NO5/c1-32-17-9-16-28-24(20-12-8-15-22(18-20)33-21-13-6-3-7-14-21)23(26(30)27(28)31)25(29)19-10-4-2-5-11-19/h2-8,10-15,18,24,29H,9,16-17H2,1H3/b25-23+/t24-/m1/s1. The fourth-order valence-corrected chi connectivity index (χ4v) is 3.96. The lowest BCUT2D eigenvalue weighted by Crippen LogP contribution is -2.31. The molecule has 33 heavy (non-hydrogen) atoms. The molecule has 0 aliphatic carbocycles. The van der Waals surface area contributed by atoms with Crippen LogP contribution in [0.4, 0.5) is 0 Å². The van der Waals surface area contributed by atoms with E-state index in [1.54, 1.807) is 37.4 Å². The van der Waals surface area contributed by atoms with Crippen molar-refractivity contribution in [2.75, 3.05) is 20.3 Å². The third kappa shape index (κ3) is 4.81. The number of Topliss-reactive ketones (excluding diaryl/α,β-unsaturated/α-hetero) is 1. The lowest BCUT2D eigenvalue weighted by atomic mass is 9.95. The van der Waals surface area contributed by atoms with Gasteiger partial charge in [0.15, 0.2) is 0 Å². The fourth-order valence-electron chi connectivity index (χ4n) is 3.96. The third-order valence-corrected chi connectivity index (χ3v) is 5.49. The molecule has 3 aromatic rings. The number of nitrogens with zero attached hydrogens (tertiary/aromatic N) is 1. The predicted octanol–water partition coefficient (Wildman–Crippen LogP) is 4.94. The minimum Gasteiger partial charge on any atom is -0.507 e. The number of rotatable bonds is 8. The number of carbonyl (C=O) groups is 2. The van der Waals surface area contributed by atoms with E-state index in [2.05, 4.69) is 0 Å². The Bertz CT molecular complexity index is 1160. The van der Waals surface area contributed by atoms with Gasteiger partial charge in [-0.2, -0.15) is 0 Å². The number of methoxy groups -OCH3 is 1. The Morgan fingerprint density at radius 3 is 2.27 bits per heavy atom. The first kappa shape index (κ1) is 22.3. The number of aliphatic hydroxyl groups is 1. The molecular weight excluding hydrogens is 418 g/mol. The molecule has 0 unspecified atom stereocenters. The second kappa shape index (κ2) is 10.1. The molecule has 0 saturated carbocycles. The molecular formula is C27H25NO5. The number of carbonyl (C=O) groups excluding carboxylic acids is 2. The van der Waals surface area contributed by atoms with Gasteiger partial charge in [-0.3, -0.25) is 9.59 Å².